The summed E-state index contributed by atoms with van der Waals surface area (Å²) >= 11 is 0. The molecule has 0 saturated heterocycles. The minimum Gasteiger partial charge on any atom is -0.356 e. The van der Waals surface area contributed by atoms with E-state index in [2.05, 4.69) is 30.7 Å². The van der Waals surface area contributed by atoms with E-state index in [9.17, 15) is 4.79 Å². The first kappa shape index (κ1) is 18.5. The molecule has 0 spiro atoms. The van der Waals surface area contributed by atoms with Gasteiger partial charge in [-0.3, -0.25) is 9.36 Å². The van der Waals surface area contributed by atoms with Crippen molar-refractivity contribution < 1.29 is 9.32 Å². The van der Waals surface area contributed by atoms with Crippen LogP contribution in [0.2, 0.25) is 0 Å². The average Bonchev–Trinajstić information content (AvgIpc) is 3.46. The Morgan fingerprint density at radius 1 is 1.03 bits per heavy atom. The molecule has 0 atom stereocenters. The fraction of sp³-hybridized carbons (Fsp3) is 0.0455. The van der Waals surface area contributed by atoms with Gasteiger partial charge >= 0.3 is 0 Å². The Morgan fingerprint density at radius 2 is 1.87 bits per heavy atom. The summed E-state index contributed by atoms with van der Waals surface area (Å²) in [5.41, 5.74) is 2.80. The third-order valence-corrected chi connectivity index (χ3v) is 4.64. The number of benzene rings is 2. The normalized spacial score (nSPS) is 10.8. The van der Waals surface area contributed by atoms with E-state index in [4.69, 9.17) is 4.52 Å². The molecule has 152 valence electrons. The highest BCUT2D eigenvalue weighted by atomic mass is 16.5. The zero-order valence-corrected chi connectivity index (χ0v) is 16.3. The number of anilines is 3. The Bertz CT molecular complexity index is 1330. The molecule has 2 N–H and O–H groups in total. The highest BCUT2D eigenvalue weighted by Gasteiger charge is 2.12. The lowest BCUT2D eigenvalue weighted by Gasteiger charge is -2.09. The van der Waals surface area contributed by atoms with E-state index in [1.54, 1.807) is 17.1 Å². The van der Waals surface area contributed by atoms with Crippen LogP contribution in [0.25, 0.3) is 16.8 Å². The third-order valence-electron chi connectivity index (χ3n) is 4.64. The van der Waals surface area contributed by atoms with Crippen LogP contribution in [0.4, 0.5) is 17.2 Å². The minimum atomic E-state index is -0.166. The van der Waals surface area contributed by atoms with E-state index in [-0.39, 0.29) is 12.3 Å². The van der Waals surface area contributed by atoms with E-state index < -0.39 is 0 Å². The monoisotopic (exact) mass is 411 g/mol. The van der Waals surface area contributed by atoms with Crippen LogP contribution in [0, 0.1) is 0 Å². The molecule has 0 aliphatic heterocycles. The van der Waals surface area contributed by atoms with Crippen LogP contribution in [0.5, 0.6) is 0 Å². The minimum absolute atomic E-state index is 0.134. The van der Waals surface area contributed by atoms with Crippen molar-refractivity contribution in [2.45, 2.75) is 6.42 Å². The van der Waals surface area contributed by atoms with Gasteiger partial charge in [-0.25, -0.2) is 15.0 Å². The molecule has 31 heavy (non-hydrogen) atoms. The van der Waals surface area contributed by atoms with Gasteiger partial charge in [0, 0.05) is 35.2 Å². The maximum atomic E-state index is 12.4. The lowest BCUT2D eigenvalue weighted by atomic mass is 10.1. The summed E-state index contributed by atoms with van der Waals surface area (Å²) in [5, 5.41) is 10.9. The smallest absolute Gasteiger partial charge is 0.230 e. The maximum absolute atomic E-state index is 12.4. The van der Waals surface area contributed by atoms with Gasteiger partial charge in [0.15, 0.2) is 5.58 Å². The van der Waals surface area contributed by atoms with Gasteiger partial charge in [0.2, 0.25) is 5.91 Å². The van der Waals surface area contributed by atoms with Crippen molar-refractivity contribution in [2.24, 2.45) is 0 Å². The van der Waals surface area contributed by atoms with Gasteiger partial charge in [-0.1, -0.05) is 17.3 Å². The molecule has 0 radical (unpaired) electrons. The highest BCUT2D eigenvalue weighted by molar-refractivity contribution is 5.94. The van der Waals surface area contributed by atoms with Crippen molar-refractivity contribution in [1.29, 1.82) is 0 Å². The van der Waals surface area contributed by atoms with Crippen molar-refractivity contribution in [3.8, 4) is 5.82 Å². The number of imidazole rings is 1. The molecule has 0 bridgehead atoms. The number of para-hydroxylation sites is 1. The Labute approximate surface area is 176 Å². The predicted octanol–water partition coefficient (Wildman–Crippen LogP) is 3.73. The molecule has 1 amide bonds. The number of carbonyl (C=O) groups excluding carboxylic acids is 1. The molecule has 0 unspecified atom stereocenters. The molecular formula is C22H17N7O2. The first-order chi connectivity index (χ1) is 15.2. The van der Waals surface area contributed by atoms with E-state index in [1.807, 2.05) is 60.8 Å². The topological polar surface area (TPSA) is 111 Å². The highest BCUT2D eigenvalue weighted by Crippen LogP contribution is 2.20. The summed E-state index contributed by atoms with van der Waals surface area (Å²) in [6.07, 6.45) is 6.79. The van der Waals surface area contributed by atoms with Crippen molar-refractivity contribution in [2.75, 3.05) is 10.6 Å². The summed E-state index contributed by atoms with van der Waals surface area (Å²) in [6.45, 7) is 0. The summed E-state index contributed by atoms with van der Waals surface area (Å²) in [6, 6.07) is 16.7. The van der Waals surface area contributed by atoms with Gasteiger partial charge in [0.25, 0.3) is 0 Å². The van der Waals surface area contributed by atoms with Gasteiger partial charge in [-0.05, 0) is 36.4 Å². The summed E-state index contributed by atoms with van der Waals surface area (Å²) in [4.78, 5) is 24.9. The lowest BCUT2D eigenvalue weighted by Crippen LogP contribution is -2.14. The number of rotatable bonds is 6. The molecule has 2 aromatic carbocycles. The molecule has 3 aromatic heterocycles. The first-order valence-corrected chi connectivity index (χ1v) is 9.55. The number of hydrogen-bond donors (Lipinski definition) is 2. The SMILES string of the molecule is O=C(Cc1noc2ccccc12)Nc1ccc(Nc2cc(-n3ccnc3)ncn2)cc1. The summed E-state index contributed by atoms with van der Waals surface area (Å²) < 4.78 is 7.05. The number of fused-ring (bicyclic) bond motifs is 1. The third kappa shape index (κ3) is 4.10. The molecule has 0 aliphatic rings. The van der Waals surface area contributed by atoms with Crippen molar-refractivity contribution >= 4 is 34.1 Å². The largest absolute Gasteiger partial charge is 0.356 e. The van der Waals surface area contributed by atoms with Crippen LogP contribution in [-0.2, 0) is 11.2 Å². The second-order valence-corrected chi connectivity index (χ2v) is 6.78. The van der Waals surface area contributed by atoms with Crippen molar-refractivity contribution in [3.05, 3.63) is 85.3 Å². The van der Waals surface area contributed by atoms with Crippen LogP contribution in [0.3, 0.4) is 0 Å². The number of amides is 1. The number of nitrogens with one attached hydrogen (secondary N) is 2. The molecular weight excluding hydrogens is 394 g/mol. The Kier molecular flexibility index (Phi) is 4.82. The quantitative estimate of drug-likeness (QED) is 0.438. The fourth-order valence-corrected chi connectivity index (χ4v) is 3.16. The second-order valence-electron chi connectivity index (χ2n) is 6.78. The molecule has 5 aromatic rings. The van der Waals surface area contributed by atoms with Crippen LogP contribution in [0.1, 0.15) is 5.69 Å². The van der Waals surface area contributed by atoms with Crippen molar-refractivity contribution in [3.63, 3.8) is 0 Å². The number of carbonyl (C=O) groups is 1. The molecule has 0 saturated carbocycles. The number of aromatic nitrogens is 5. The standard InChI is InChI=1S/C22H17N7O2/c30-22(11-18-17-3-1-2-4-19(17)31-28-18)27-16-7-5-15(6-8-16)26-20-12-21(25-13-24-20)29-10-9-23-14-29/h1-10,12-14H,11H2,(H,27,30)(H,24,25,26). The van der Waals surface area contributed by atoms with Crippen LogP contribution < -0.4 is 10.6 Å². The van der Waals surface area contributed by atoms with E-state index in [1.165, 1.54) is 6.33 Å². The Hall–Kier alpha value is -4.53. The van der Waals surface area contributed by atoms with Crippen LogP contribution >= 0.6 is 0 Å². The summed E-state index contributed by atoms with van der Waals surface area (Å²) in [5.74, 6) is 1.19. The zero-order chi connectivity index (χ0) is 21.0. The van der Waals surface area contributed by atoms with Gasteiger partial charge < -0.3 is 15.2 Å². The molecule has 0 aliphatic carbocycles. The summed E-state index contributed by atoms with van der Waals surface area (Å²) in [7, 11) is 0. The van der Waals surface area contributed by atoms with Gasteiger partial charge in [-0.15, -0.1) is 0 Å². The van der Waals surface area contributed by atoms with E-state index in [0.717, 1.165) is 11.1 Å². The van der Waals surface area contributed by atoms with Gasteiger partial charge in [0.1, 0.15) is 30.0 Å². The predicted molar refractivity (Wildman–Crippen MR) is 115 cm³/mol. The van der Waals surface area contributed by atoms with Crippen LogP contribution in [-0.4, -0.2) is 30.6 Å². The first-order valence-electron chi connectivity index (χ1n) is 9.55. The number of hydrogen-bond acceptors (Lipinski definition) is 7. The molecule has 3 heterocycles. The van der Waals surface area contributed by atoms with Crippen LogP contribution in [0.15, 0.2) is 84.2 Å². The van der Waals surface area contributed by atoms with E-state index >= 15 is 0 Å². The van der Waals surface area contributed by atoms with Gasteiger partial charge in [0.05, 0.1) is 6.42 Å². The molecule has 9 nitrogen and oxygen atoms in total. The second kappa shape index (κ2) is 8.07. The maximum Gasteiger partial charge on any atom is 0.230 e. The zero-order valence-electron chi connectivity index (χ0n) is 16.3. The molecule has 0 fully saturated rings. The van der Waals surface area contributed by atoms with Crippen molar-refractivity contribution in [1.82, 2.24) is 24.7 Å². The Morgan fingerprint density at radius 3 is 2.71 bits per heavy atom. The van der Waals surface area contributed by atoms with Gasteiger partial charge in [-0.2, -0.15) is 0 Å². The fourth-order valence-electron chi connectivity index (χ4n) is 3.16. The Balaban J connectivity index is 1.23. The van der Waals surface area contributed by atoms with E-state index in [0.29, 0.717) is 28.6 Å². The number of nitrogens with zero attached hydrogens (tertiary/aromatic N) is 5. The molecule has 5 rings (SSSR count). The average molecular weight is 411 g/mol. The molecule has 9 heteroatoms. The lowest BCUT2D eigenvalue weighted by molar-refractivity contribution is -0.115.